The summed E-state index contributed by atoms with van der Waals surface area (Å²) in [4.78, 5) is 6.61. The molecule has 2 aromatic carbocycles. The minimum absolute atomic E-state index is 0. The first-order valence-electron chi connectivity index (χ1n) is 9.71. The Morgan fingerprint density at radius 2 is 2.00 bits per heavy atom. The molecule has 1 aliphatic heterocycles. The SMILES string of the molecule is CN=C(NCc1ccc(C)cc1Oc1ccccc1)NCC1CN(C)CCO1.I. The van der Waals surface area contributed by atoms with Crippen molar-refractivity contribution in [3.05, 3.63) is 59.7 Å². The van der Waals surface area contributed by atoms with Gasteiger partial charge in [-0.2, -0.15) is 0 Å². The van der Waals surface area contributed by atoms with Crippen molar-refractivity contribution in [3.8, 4) is 11.5 Å². The van der Waals surface area contributed by atoms with Crippen LogP contribution >= 0.6 is 24.0 Å². The molecular formula is C22H31IN4O2. The molecule has 1 aliphatic rings. The van der Waals surface area contributed by atoms with Gasteiger partial charge in [0.05, 0.1) is 12.7 Å². The largest absolute Gasteiger partial charge is 0.457 e. The van der Waals surface area contributed by atoms with Gasteiger partial charge in [0.25, 0.3) is 0 Å². The zero-order valence-corrected chi connectivity index (χ0v) is 19.7. The monoisotopic (exact) mass is 510 g/mol. The van der Waals surface area contributed by atoms with Gasteiger partial charge in [-0.1, -0.05) is 30.3 Å². The minimum Gasteiger partial charge on any atom is -0.457 e. The van der Waals surface area contributed by atoms with Crippen LogP contribution in [0.3, 0.4) is 0 Å². The first kappa shape index (κ1) is 23.4. The van der Waals surface area contributed by atoms with E-state index in [9.17, 15) is 0 Å². The number of nitrogens with one attached hydrogen (secondary N) is 2. The molecule has 2 N–H and O–H groups in total. The zero-order chi connectivity index (χ0) is 19.8. The van der Waals surface area contributed by atoms with Crippen LogP contribution in [0.15, 0.2) is 53.5 Å². The van der Waals surface area contributed by atoms with Gasteiger partial charge in [-0.05, 0) is 37.7 Å². The van der Waals surface area contributed by atoms with E-state index in [0.717, 1.165) is 54.8 Å². The van der Waals surface area contributed by atoms with Crippen molar-refractivity contribution in [1.82, 2.24) is 15.5 Å². The second-order valence-electron chi connectivity index (χ2n) is 7.09. The molecule has 29 heavy (non-hydrogen) atoms. The van der Waals surface area contributed by atoms with Crippen molar-refractivity contribution in [2.75, 3.05) is 40.3 Å². The quantitative estimate of drug-likeness (QED) is 0.355. The predicted molar refractivity (Wildman–Crippen MR) is 129 cm³/mol. The predicted octanol–water partition coefficient (Wildman–Crippen LogP) is 3.40. The lowest BCUT2D eigenvalue weighted by atomic mass is 10.1. The van der Waals surface area contributed by atoms with Crippen LogP contribution in [0.5, 0.6) is 11.5 Å². The van der Waals surface area contributed by atoms with Gasteiger partial charge in [-0.25, -0.2) is 0 Å². The molecule has 1 atom stereocenters. The molecule has 1 saturated heterocycles. The Labute approximate surface area is 190 Å². The Bertz CT molecular complexity index is 786. The summed E-state index contributed by atoms with van der Waals surface area (Å²) in [6.45, 7) is 6.10. The molecule has 6 nitrogen and oxygen atoms in total. The number of likely N-dealkylation sites (N-methyl/N-ethyl adjacent to an activating group) is 1. The molecular weight excluding hydrogens is 479 g/mol. The number of hydrogen-bond acceptors (Lipinski definition) is 4. The molecule has 0 aliphatic carbocycles. The number of nitrogens with zero attached hydrogens (tertiary/aromatic N) is 2. The van der Waals surface area contributed by atoms with Crippen molar-refractivity contribution in [2.24, 2.45) is 4.99 Å². The van der Waals surface area contributed by atoms with Crippen molar-refractivity contribution in [2.45, 2.75) is 19.6 Å². The third-order valence-electron chi connectivity index (χ3n) is 4.70. The van der Waals surface area contributed by atoms with Crippen molar-refractivity contribution >= 4 is 29.9 Å². The smallest absolute Gasteiger partial charge is 0.191 e. The maximum Gasteiger partial charge on any atom is 0.191 e. The normalized spacial score (nSPS) is 17.3. The second-order valence-corrected chi connectivity index (χ2v) is 7.09. The third kappa shape index (κ3) is 7.49. The van der Waals surface area contributed by atoms with E-state index in [0.29, 0.717) is 6.54 Å². The van der Waals surface area contributed by atoms with Gasteiger partial charge in [0.2, 0.25) is 0 Å². The van der Waals surface area contributed by atoms with Gasteiger partial charge >= 0.3 is 0 Å². The lowest BCUT2D eigenvalue weighted by Gasteiger charge is -2.30. The summed E-state index contributed by atoms with van der Waals surface area (Å²) < 4.78 is 11.9. The number of ether oxygens (including phenoxy) is 2. The Balaban J connectivity index is 0.00000300. The fourth-order valence-electron chi connectivity index (χ4n) is 3.12. The summed E-state index contributed by atoms with van der Waals surface area (Å²) in [5, 5.41) is 6.73. The summed E-state index contributed by atoms with van der Waals surface area (Å²) >= 11 is 0. The molecule has 1 fully saturated rings. The van der Waals surface area contributed by atoms with E-state index in [1.165, 1.54) is 0 Å². The Kier molecular flexibility index (Phi) is 9.69. The molecule has 0 aromatic heterocycles. The molecule has 0 spiro atoms. The van der Waals surface area contributed by atoms with Gasteiger partial charge < -0.3 is 25.0 Å². The highest BCUT2D eigenvalue weighted by molar-refractivity contribution is 14.0. The van der Waals surface area contributed by atoms with Gasteiger partial charge in [0.1, 0.15) is 11.5 Å². The highest BCUT2D eigenvalue weighted by Crippen LogP contribution is 2.26. The van der Waals surface area contributed by atoms with Crippen LogP contribution in [0, 0.1) is 6.92 Å². The Morgan fingerprint density at radius 3 is 2.72 bits per heavy atom. The number of para-hydroxylation sites is 1. The van der Waals surface area contributed by atoms with Crippen LogP contribution in [0.25, 0.3) is 0 Å². The highest BCUT2D eigenvalue weighted by atomic mass is 127. The molecule has 7 heteroatoms. The molecule has 1 unspecified atom stereocenters. The second kappa shape index (κ2) is 12.0. The van der Waals surface area contributed by atoms with Gasteiger partial charge in [0.15, 0.2) is 5.96 Å². The van der Waals surface area contributed by atoms with Crippen LogP contribution in [0.1, 0.15) is 11.1 Å². The van der Waals surface area contributed by atoms with Gasteiger partial charge in [-0.3, -0.25) is 4.99 Å². The fourth-order valence-corrected chi connectivity index (χ4v) is 3.12. The van der Waals surface area contributed by atoms with Crippen molar-refractivity contribution in [3.63, 3.8) is 0 Å². The zero-order valence-electron chi connectivity index (χ0n) is 17.4. The average Bonchev–Trinajstić information content (AvgIpc) is 2.70. The van der Waals surface area contributed by atoms with E-state index in [1.54, 1.807) is 7.05 Å². The Morgan fingerprint density at radius 1 is 1.21 bits per heavy atom. The topological polar surface area (TPSA) is 58.1 Å². The van der Waals surface area contributed by atoms with Crippen LogP contribution in [-0.2, 0) is 11.3 Å². The summed E-state index contributed by atoms with van der Waals surface area (Å²) in [5.74, 6) is 2.44. The number of rotatable bonds is 6. The van der Waals surface area contributed by atoms with Gasteiger partial charge in [-0.15, -0.1) is 24.0 Å². The fraction of sp³-hybridized carbons (Fsp3) is 0.409. The molecule has 158 valence electrons. The number of aryl methyl sites for hydroxylation is 1. The van der Waals surface area contributed by atoms with Crippen LogP contribution in [-0.4, -0.2) is 57.3 Å². The van der Waals surface area contributed by atoms with Crippen LogP contribution in [0.2, 0.25) is 0 Å². The third-order valence-corrected chi connectivity index (χ3v) is 4.70. The summed E-state index contributed by atoms with van der Waals surface area (Å²) in [7, 11) is 3.90. The van der Waals surface area contributed by atoms with Crippen LogP contribution < -0.4 is 15.4 Å². The van der Waals surface area contributed by atoms with Crippen molar-refractivity contribution < 1.29 is 9.47 Å². The lowest BCUT2D eigenvalue weighted by molar-refractivity contribution is -0.0161. The molecule has 3 rings (SSSR count). The number of halogens is 1. The lowest BCUT2D eigenvalue weighted by Crippen LogP contribution is -2.48. The van der Waals surface area contributed by atoms with E-state index < -0.39 is 0 Å². The first-order chi connectivity index (χ1) is 13.6. The molecule has 0 radical (unpaired) electrons. The summed E-state index contributed by atoms with van der Waals surface area (Å²) in [5.41, 5.74) is 2.24. The number of aliphatic imine (C=N–C) groups is 1. The highest BCUT2D eigenvalue weighted by Gasteiger charge is 2.17. The van der Waals surface area contributed by atoms with Crippen LogP contribution in [0.4, 0.5) is 0 Å². The number of benzene rings is 2. The van der Waals surface area contributed by atoms with E-state index in [4.69, 9.17) is 9.47 Å². The summed E-state index contributed by atoms with van der Waals surface area (Å²) in [6, 6.07) is 16.1. The maximum absolute atomic E-state index is 6.10. The summed E-state index contributed by atoms with van der Waals surface area (Å²) in [6.07, 6.45) is 0.175. The standard InChI is InChI=1S/C22H30N4O2.HI/c1-17-9-10-18(21(13-17)28-19-7-5-4-6-8-19)14-24-22(23-2)25-15-20-16-26(3)11-12-27-20;/h4-10,13,20H,11-12,14-16H2,1-3H3,(H2,23,24,25);1H. The maximum atomic E-state index is 6.10. The van der Waals surface area contributed by atoms with E-state index in [2.05, 4.69) is 52.7 Å². The molecule has 0 saturated carbocycles. The van der Waals surface area contributed by atoms with E-state index in [-0.39, 0.29) is 30.1 Å². The minimum atomic E-state index is 0. The molecule has 1 heterocycles. The molecule has 0 amide bonds. The number of hydrogen-bond donors (Lipinski definition) is 2. The van der Waals surface area contributed by atoms with E-state index in [1.807, 2.05) is 30.3 Å². The first-order valence-corrected chi connectivity index (χ1v) is 9.71. The number of guanidine groups is 1. The molecule has 0 bridgehead atoms. The number of morpholine rings is 1. The van der Waals surface area contributed by atoms with Crippen molar-refractivity contribution in [1.29, 1.82) is 0 Å². The van der Waals surface area contributed by atoms with Gasteiger partial charge in [0, 0.05) is 38.8 Å². The Hall–Kier alpha value is -1.84. The van der Waals surface area contributed by atoms with E-state index >= 15 is 0 Å². The average molecular weight is 510 g/mol. The molecule has 2 aromatic rings.